The van der Waals surface area contributed by atoms with Gasteiger partial charge in [0.15, 0.2) is 0 Å². The van der Waals surface area contributed by atoms with Crippen LogP contribution in [0.2, 0.25) is 0 Å². The van der Waals surface area contributed by atoms with E-state index < -0.39 is 0 Å². The molecule has 0 N–H and O–H groups in total. The summed E-state index contributed by atoms with van der Waals surface area (Å²) in [5.74, 6) is 1.72. The third-order valence-corrected chi connectivity index (χ3v) is 4.47. The van der Waals surface area contributed by atoms with Crippen LogP contribution in [0.15, 0.2) is 119 Å². The van der Waals surface area contributed by atoms with Crippen molar-refractivity contribution < 1.29 is 9.47 Å². The third kappa shape index (κ3) is 7.58. The lowest BCUT2D eigenvalue weighted by Crippen LogP contribution is -1.84. The zero-order valence-corrected chi connectivity index (χ0v) is 18.3. The molecule has 4 aromatic rings. The first-order valence-corrected chi connectivity index (χ1v) is 10.2. The van der Waals surface area contributed by atoms with E-state index in [0.717, 1.165) is 34.0 Å². The molecule has 4 rings (SSSR count). The van der Waals surface area contributed by atoms with Gasteiger partial charge in [-0.3, -0.25) is 9.98 Å². The Balaban J connectivity index is 0.000000181. The highest BCUT2D eigenvalue weighted by atomic mass is 16.5. The molecule has 0 spiro atoms. The molecule has 0 saturated carbocycles. The van der Waals surface area contributed by atoms with Crippen molar-refractivity contribution in [2.45, 2.75) is 0 Å². The normalized spacial score (nSPS) is 10.6. The van der Waals surface area contributed by atoms with Gasteiger partial charge in [0.1, 0.15) is 11.5 Å². The predicted octanol–water partition coefficient (Wildman–Crippen LogP) is 6.89. The Morgan fingerprint density at radius 1 is 0.469 bits per heavy atom. The van der Waals surface area contributed by atoms with Crippen molar-refractivity contribution in [1.82, 2.24) is 0 Å². The smallest absolute Gasteiger partial charge is 0.118 e. The molecule has 160 valence electrons. The fourth-order valence-corrected chi connectivity index (χ4v) is 2.71. The molecule has 4 heteroatoms. The van der Waals surface area contributed by atoms with Crippen LogP contribution in [0, 0.1) is 0 Å². The Labute approximate surface area is 189 Å². The van der Waals surface area contributed by atoms with Crippen LogP contribution in [0.1, 0.15) is 11.1 Å². The molecule has 0 fully saturated rings. The Morgan fingerprint density at radius 3 is 1.12 bits per heavy atom. The monoisotopic (exact) mass is 422 g/mol. The van der Waals surface area contributed by atoms with Gasteiger partial charge >= 0.3 is 0 Å². The molecule has 0 saturated heterocycles. The van der Waals surface area contributed by atoms with Gasteiger partial charge in [0.05, 0.1) is 25.6 Å². The largest absolute Gasteiger partial charge is 0.497 e. The van der Waals surface area contributed by atoms with Crippen LogP contribution >= 0.6 is 0 Å². The Kier molecular flexibility index (Phi) is 8.79. The van der Waals surface area contributed by atoms with Crippen LogP contribution in [0.5, 0.6) is 11.5 Å². The summed E-state index contributed by atoms with van der Waals surface area (Å²) in [6.07, 6.45) is 3.68. The van der Waals surface area contributed by atoms with Crippen LogP contribution in [-0.4, -0.2) is 26.6 Å². The third-order valence-electron chi connectivity index (χ3n) is 4.47. The second-order valence-electron chi connectivity index (χ2n) is 6.73. The maximum atomic E-state index is 5.09. The van der Waals surface area contributed by atoms with Crippen LogP contribution in [-0.2, 0) is 0 Å². The molecule has 0 aliphatic carbocycles. The molecule has 0 aromatic heterocycles. The molecule has 4 nitrogen and oxygen atoms in total. The minimum absolute atomic E-state index is 0.858. The van der Waals surface area contributed by atoms with Crippen LogP contribution in [0.25, 0.3) is 0 Å². The maximum absolute atomic E-state index is 5.09. The summed E-state index contributed by atoms with van der Waals surface area (Å²) >= 11 is 0. The molecule has 0 heterocycles. The minimum Gasteiger partial charge on any atom is -0.497 e. The van der Waals surface area contributed by atoms with Gasteiger partial charge in [0.2, 0.25) is 0 Å². The van der Waals surface area contributed by atoms with Gasteiger partial charge in [-0.25, -0.2) is 0 Å². The number of hydrogen-bond acceptors (Lipinski definition) is 4. The van der Waals surface area contributed by atoms with Crippen LogP contribution in [0.3, 0.4) is 0 Å². The van der Waals surface area contributed by atoms with Crippen molar-refractivity contribution in [3.05, 3.63) is 120 Å². The molecule has 0 unspecified atom stereocenters. The fraction of sp³-hybridized carbons (Fsp3) is 0.0714. The average molecular weight is 423 g/mol. The highest BCUT2D eigenvalue weighted by Crippen LogP contribution is 2.14. The summed E-state index contributed by atoms with van der Waals surface area (Å²) in [7, 11) is 3.32. The number of methoxy groups -OCH3 is 2. The molecule has 0 bridgehead atoms. The fourth-order valence-electron chi connectivity index (χ4n) is 2.71. The van der Waals surface area contributed by atoms with Gasteiger partial charge in [-0.15, -0.1) is 0 Å². The lowest BCUT2D eigenvalue weighted by atomic mass is 10.2. The standard InChI is InChI=1S/2C14H13NO/c2*1-16-14-9-7-12(8-10-14)11-15-13-5-3-2-4-6-13/h2*2-11H,1H3. The van der Waals surface area contributed by atoms with E-state index in [4.69, 9.17) is 9.47 Å². The predicted molar refractivity (Wildman–Crippen MR) is 133 cm³/mol. The van der Waals surface area contributed by atoms with Crippen molar-refractivity contribution in [3.8, 4) is 11.5 Å². The lowest BCUT2D eigenvalue weighted by Gasteiger charge is -1.98. The number of para-hydroxylation sites is 2. The van der Waals surface area contributed by atoms with Gasteiger partial charge in [-0.2, -0.15) is 0 Å². The molecule has 0 amide bonds. The second-order valence-corrected chi connectivity index (χ2v) is 6.73. The van der Waals surface area contributed by atoms with E-state index >= 15 is 0 Å². The zero-order chi connectivity index (χ0) is 22.4. The highest BCUT2D eigenvalue weighted by Gasteiger charge is 1.92. The minimum atomic E-state index is 0.858. The molecule has 0 radical (unpaired) electrons. The van der Waals surface area contributed by atoms with Crippen molar-refractivity contribution in [2.24, 2.45) is 9.98 Å². The first-order chi connectivity index (χ1) is 15.8. The van der Waals surface area contributed by atoms with E-state index in [1.165, 1.54) is 0 Å². The molecular formula is C28H26N2O2. The van der Waals surface area contributed by atoms with Crippen molar-refractivity contribution in [3.63, 3.8) is 0 Å². The molecule has 0 aliphatic heterocycles. The maximum Gasteiger partial charge on any atom is 0.118 e. The van der Waals surface area contributed by atoms with Gasteiger partial charge in [0.25, 0.3) is 0 Å². The van der Waals surface area contributed by atoms with Gasteiger partial charge in [-0.05, 0) is 83.9 Å². The molecule has 4 aromatic carbocycles. The molecule has 0 atom stereocenters. The molecule has 32 heavy (non-hydrogen) atoms. The summed E-state index contributed by atoms with van der Waals surface area (Å²) < 4.78 is 10.2. The van der Waals surface area contributed by atoms with Crippen LogP contribution < -0.4 is 9.47 Å². The number of benzene rings is 4. The Morgan fingerprint density at radius 2 is 0.812 bits per heavy atom. The number of aliphatic imine (C=N–C) groups is 2. The van der Waals surface area contributed by atoms with E-state index in [-0.39, 0.29) is 0 Å². The summed E-state index contributed by atoms with van der Waals surface area (Å²) in [4.78, 5) is 8.73. The Hall–Kier alpha value is -4.18. The van der Waals surface area contributed by atoms with E-state index in [2.05, 4.69) is 9.98 Å². The topological polar surface area (TPSA) is 43.2 Å². The highest BCUT2D eigenvalue weighted by molar-refractivity contribution is 5.82. The number of ether oxygens (including phenoxy) is 2. The SMILES string of the molecule is COc1ccc(C=Nc2ccccc2)cc1.COc1ccc(C=Nc2ccccc2)cc1. The van der Waals surface area contributed by atoms with E-state index in [0.29, 0.717) is 0 Å². The Bertz CT molecular complexity index is 1010. The average Bonchev–Trinajstić information content (AvgIpc) is 2.88. The van der Waals surface area contributed by atoms with Crippen molar-refractivity contribution in [1.29, 1.82) is 0 Å². The summed E-state index contributed by atoms with van der Waals surface area (Å²) in [6.45, 7) is 0. The number of rotatable bonds is 6. The lowest BCUT2D eigenvalue weighted by molar-refractivity contribution is 0.414. The van der Waals surface area contributed by atoms with Gasteiger partial charge < -0.3 is 9.47 Å². The van der Waals surface area contributed by atoms with E-state index in [1.807, 2.05) is 122 Å². The van der Waals surface area contributed by atoms with E-state index in [1.54, 1.807) is 14.2 Å². The van der Waals surface area contributed by atoms with Crippen molar-refractivity contribution in [2.75, 3.05) is 14.2 Å². The quantitative estimate of drug-likeness (QED) is 0.318. The first kappa shape index (κ1) is 22.5. The molecular weight excluding hydrogens is 396 g/mol. The summed E-state index contributed by atoms with van der Waals surface area (Å²) in [6, 6.07) is 35.3. The van der Waals surface area contributed by atoms with E-state index in [9.17, 15) is 0 Å². The summed E-state index contributed by atoms with van der Waals surface area (Å²) in [5, 5.41) is 0. The number of nitrogens with zero attached hydrogens (tertiary/aromatic N) is 2. The zero-order valence-electron chi connectivity index (χ0n) is 18.3. The number of hydrogen-bond donors (Lipinski definition) is 0. The van der Waals surface area contributed by atoms with Crippen molar-refractivity contribution >= 4 is 23.8 Å². The van der Waals surface area contributed by atoms with Gasteiger partial charge in [-0.1, -0.05) is 36.4 Å². The second kappa shape index (κ2) is 12.5. The van der Waals surface area contributed by atoms with Crippen LogP contribution in [0.4, 0.5) is 11.4 Å². The van der Waals surface area contributed by atoms with Gasteiger partial charge in [0, 0.05) is 12.4 Å². The first-order valence-electron chi connectivity index (χ1n) is 10.2. The summed E-state index contributed by atoms with van der Waals surface area (Å²) in [5.41, 5.74) is 4.03. The molecule has 0 aliphatic rings.